The van der Waals surface area contributed by atoms with E-state index in [1.165, 1.54) is 5.56 Å². The zero-order valence-electron chi connectivity index (χ0n) is 12.8. The highest BCUT2D eigenvalue weighted by atomic mass is 32.1. The van der Waals surface area contributed by atoms with Gasteiger partial charge in [0.2, 0.25) is 11.7 Å². The predicted octanol–water partition coefficient (Wildman–Crippen LogP) is 2.45. The molecule has 1 aliphatic heterocycles. The Bertz CT molecular complexity index is 824. The van der Waals surface area contributed by atoms with E-state index < -0.39 is 0 Å². The van der Waals surface area contributed by atoms with Crippen molar-refractivity contribution in [3.8, 4) is 11.6 Å². The van der Waals surface area contributed by atoms with Crippen molar-refractivity contribution in [3.63, 3.8) is 0 Å². The van der Waals surface area contributed by atoms with Gasteiger partial charge in [0, 0.05) is 4.88 Å². The summed E-state index contributed by atoms with van der Waals surface area (Å²) in [7, 11) is 0. The first-order valence-corrected chi connectivity index (χ1v) is 8.57. The quantitative estimate of drug-likeness (QED) is 0.741. The van der Waals surface area contributed by atoms with Crippen LogP contribution >= 0.6 is 11.3 Å². The lowest BCUT2D eigenvalue weighted by atomic mass is 10.1. The first kappa shape index (κ1) is 15.1. The van der Waals surface area contributed by atoms with E-state index >= 15 is 0 Å². The maximum atomic E-state index is 12.2. The van der Waals surface area contributed by atoms with E-state index in [1.54, 1.807) is 29.7 Å². The topological polar surface area (TPSA) is 93.0 Å². The van der Waals surface area contributed by atoms with Crippen LogP contribution in [-0.4, -0.2) is 27.7 Å². The number of rotatable bonds is 5. The number of aromatic nitrogens is 3. The van der Waals surface area contributed by atoms with E-state index in [0.29, 0.717) is 30.4 Å². The highest BCUT2D eigenvalue weighted by molar-refractivity contribution is 7.10. The Morgan fingerprint density at radius 1 is 1.46 bits per heavy atom. The lowest BCUT2D eigenvalue weighted by molar-refractivity contribution is -0.124. The molecular formula is C16H16N4O3S. The smallest absolute Gasteiger partial charge is 0.223 e. The summed E-state index contributed by atoms with van der Waals surface area (Å²) in [6.45, 7) is 0.951. The maximum Gasteiger partial charge on any atom is 0.223 e. The van der Waals surface area contributed by atoms with Crippen molar-refractivity contribution in [3.05, 3.63) is 46.1 Å². The van der Waals surface area contributed by atoms with Gasteiger partial charge < -0.3 is 14.5 Å². The lowest BCUT2D eigenvalue weighted by Gasteiger charge is -2.22. The van der Waals surface area contributed by atoms with Crippen molar-refractivity contribution >= 4 is 17.2 Å². The van der Waals surface area contributed by atoms with Crippen LogP contribution in [0.5, 0.6) is 0 Å². The summed E-state index contributed by atoms with van der Waals surface area (Å²) < 4.78 is 11.0. The summed E-state index contributed by atoms with van der Waals surface area (Å²) in [6, 6.07) is 5.67. The molecule has 0 saturated heterocycles. The molecule has 1 aliphatic rings. The molecule has 7 nitrogen and oxygen atoms in total. The van der Waals surface area contributed by atoms with Gasteiger partial charge in [-0.3, -0.25) is 9.89 Å². The molecule has 0 fully saturated rings. The van der Waals surface area contributed by atoms with Crippen LogP contribution in [0.25, 0.3) is 11.6 Å². The second-order valence-corrected chi connectivity index (χ2v) is 6.43. The fraction of sp³-hybridized carbons (Fsp3) is 0.312. The number of carbonyl (C=O) groups excluding carboxylic acids is 1. The minimum Gasteiger partial charge on any atom is -0.461 e. The molecule has 3 aromatic rings. The SMILES string of the molecule is O=C(C[C@H]1OCCc2ccsc21)NCc1nc(-c2ccco2)n[nH]1. The van der Waals surface area contributed by atoms with Gasteiger partial charge in [-0.25, -0.2) is 4.98 Å². The summed E-state index contributed by atoms with van der Waals surface area (Å²) in [4.78, 5) is 17.6. The molecule has 124 valence electrons. The minimum absolute atomic E-state index is 0.0720. The third kappa shape index (κ3) is 3.10. The first-order chi connectivity index (χ1) is 11.8. The Morgan fingerprint density at radius 3 is 3.29 bits per heavy atom. The van der Waals surface area contributed by atoms with E-state index in [2.05, 4.69) is 31.9 Å². The van der Waals surface area contributed by atoms with E-state index in [4.69, 9.17) is 9.15 Å². The van der Waals surface area contributed by atoms with E-state index in [-0.39, 0.29) is 18.6 Å². The average molecular weight is 344 g/mol. The molecule has 1 atom stereocenters. The monoisotopic (exact) mass is 344 g/mol. The number of thiophene rings is 1. The molecule has 0 spiro atoms. The van der Waals surface area contributed by atoms with Crippen molar-refractivity contribution in [2.24, 2.45) is 0 Å². The number of carbonyl (C=O) groups is 1. The van der Waals surface area contributed by atoms with Crippen LogP contribution in [0.4, 0.5) is 0 Å². The zero-order valence-corrected chi connectivity index (χ0v) is 13.6. The highest BCUT2D eigenvalue weighted by Crippen LogP contribution is 2.33. The molecule has 0 unspecified atom stereocenters. The maximum absolute atomic E-state index is 12.2. The molecule has 0 aromatic carbocycles. The second-order valence-electron chi connectivity index (χ2n) is 5.48. The van der Waals surface area contributed by atoms with E-state index in [0.717, 1.165) is 11.3 Å². The summed E-state index contributed by atoms with van der Waals surface area (Å²) in [5.74, 6) is 1.57. The van der Waals surface area contributed by atoms with Crippen molar-refractivity contribution < 1.29 is 13.9 Å². The molecule has 3 aromatic heterocycles. The van der Waals surface area contributed by atoms with Gasteiger partial charge in [0.05, 0.1) is 25.8 Å². The molecular weight excluding hydrogens is 328 g/mol. The Hall–Kier alpha value is -2.45. The molecule has 4 rings (SSSR count). The number of hydrogen-bond acceptors (Lipinski definition) is 6. The number of nitrogens with zero attached hydrogens (tertiary/aromatic N) is 2. The summed E-state index contributed by atoms with van der Waals surface area (Å²) in [5, 5.41) is 11.8. The normalized spacial score (nSPS) is 16.8. The van der Waals surface area contributed by atoms with Gasteiger partial charge in [-0.1, -0.05) is 0 Å². The average Bonchev–Trinajstić information content (AvgIpc) is 3.32. The fourth-order valence-electron chi connectivity index (χ4n) is 2.69. The summed E-state index contributed by atoms with van der Waals surface area (Å²) in [6.07, 6.45) is 2.65. The molecule has 0 saturated carbocycles. The number of nitrogens with one attached hydrogen (secondary N) is 2. The predicted molar refractivity (Wildman–Crippen MR) is 87.3 cm³/mol. The van der Waals surface area contributed by atoms with Crippen LogP contribution in [-0.2, 0) is 22.5 Å². The van der Waals surface area contributed by atoms with Gasteiger partial charge in [0.25, 0.3) is 0 Å². The molecule has 4 heterocycles. The van der Waals surface area contributed by atoms with Crippen LogP contribution in [0, 0.1) is 0 Å². The molecule has 1 amide bonds. The molecule has 8 heteroatoms. The molecule has 24 heavy (non-hydrogen) atoms. The fourth-order valence-corrected chi connectivity index (χ4v) is 3.69. The van der Waals surface area contributed by atoms with Crippen molar-refractivity contribution in [2.75, 3.05) is 6.61 Å². The van der Waals surface area contributed by atoms with Crippen molar-refractivity contribution in [2.45, 2.75) is 25.5 Å². The Kier molecular flexibility index (Phi) is 4.14. The zero-order chi connectivity index (χ0) is 16.4. The Balaban J connectivity index is 1.33. The Morgan fingerprint density at radius 2 is 2.42 bits per heavy atom. The summed E-state index contributed by atoms with van der Waals surface area (Å²) >= 11 is 1.65. The van der Waals surface area contributed by atoms with Gasteiger partial charge in [-0.05, 0) is 35.6 Å². The number of hydrogen-bond donors (Lipinski definition) is 2. The van der Waals surface area contributed by atoms with Crippen molar-refractivity contribution in [1.29, 1.82) is 0 Å². The van der Waals surface area contributed by atoms with E-state index in [9.17, 15) is 4.79 Å². The van der Waals surface area contributed by atoms with Crippen LogP contribution < -0.4 is 5.32 Å². The number of aromatic amines is 1. The van der Waals surface area contributed by atoms with Crippen LogP contribution in [0.3, 0.4) is 0 Å². The lowest BCUT2D eigenvalue weighted by Crippen LogP contribution is -2.27. The van der Waals surface area contributed by atoms with Crippen LogP contribution in [0.15, 0.2) is 34.3 Å². The second kappa shape index (κ2) is 6.58. The standard InChI is InChI=1S/C16H16N4O3S/c21-14(8-12-15-10(3-6-23-12)4-7-24-15)17-9-13-18-16(20-19-13)11-2-1-5-22-11/h1-2,4-5,7,12H,3,6,8-9H2,(H,17,21)(H,18,19,20)/t12-/m1/s1. The van der Waals surface area contributed by atoms with Crippen LogP contribution in [0.2, 0.25) is 0 Å². The molecule has 0 bridgehead atoms. The van der Waals surface area contributed by atoms with E-state index in [1.807, 2.05) is 0 Å². The highest BCUT2D eigenvalue weighted by Gasteiger charge is 2.24. The number of amides is 1. The van der Waals surface area contributed by atoms with Gasteiger partial charge in [0.1, 0.15) is 11.9 Å². The number of fused-ring (bicyclic) bond motifs is 1. The van der Waals surface area contributed by atoms with Gasteiger partial charge >= 0.3 is 0 Å². The number of furan rings is 1. The Labute approximate surface area is 142 Å². The molecule has 0 aliphatic carbocycles. The van der Waals surface area contributed by atoms with Gasteiger partial charge in [0.15, 0.2) is 5.76 Å². The molecule has 2 N–H and O–H groups in total. The van der Waals surface area contributed by atoms with Gasteiger partial charge in [-0.2, -0.15) is 0 Å². The largest absolute Gasteiger partial charge is 0.461 e. The first-order valence-electron chi connectivity index (χ1n) is 7.69. The van der Waals surface area contributed by atoms with Crippen LogP contribution in [0.1, 0.15) is 28.8 Å². The third-order valence-electron chi connectivity index (χ3n) is 3.86. The third-order valence-corrected chi connectivity index (χ3v) is 4.91. The minimum atomic E-state index is -0.151. The number of H-pyrrole nitrogens is 1. The summed E-state index contributed by atoms with van der Waals surface area (Å²) in [5.41, 5.74) is 1.29. The molecule has 0 radical (unpaired) electrons. The van der Waals surface area contributed by atoms with Gasteiger partial charge in [-0.15, -0.1) is 16.4 Å². The van der Waals surface area contributed by atoms with Crippen molar-refractivity contribution in [1.82, 2.24) is 20.5 Å². The number of ether oxygens (including phenoxy) is 1.